The number of hydrogen-bond acceptors (Lipinski definition) is 0. The molecule has 0 fully saturated rings. The lowest BCUT2D eigenvalue weighted by Crippen LogP contribution is -2.11. The first-order valence-corrected chi connectivity index (χ1v) is 5.46. The maximum Gasteiger partial charge on any atom is 0.168 e. The lowest BCUT2D eigenvalue weighted by Gasteiger charge is -2.20. The first kappa shape index (κ1) is 13.4. The summed E-state index contributed by atoms with van der Waals surface area (Å²) in [5, 5.41) is 0. The number of benzene rings is 2. The van der Waals surface area contributed by atoms with Gasteiger partial charge in [0.1, 0.15) is 0 Å². The van der Waals surface area contributed by atoms with E-state index in [4.69, 9.17) is 23.2 Å². The third-order valence-electron chi connectivity index (χ3n) is 2.27. The van der Waals surface area contributed by atoms with Gasteiger partial charge in [-0.15, -0.1) is 12.4 Å². The van der Waals surface area contributed by atoms with Gasteiger partial charge < -0.3 is 0 Å². The summed E-state index contributed by atoms with van der Waals surface area (Å²) in [6.45, 7) is 0. The van der Waals surface area contributed by atoms with Crippen molar-refractivity contribution in [3.05, 3.63) is 71.8 Å². The molecule has 2 aromatic carbocycles. The van der Waals surface area contributed by atoms with Crippen LogP contribution in [0.5, 0.6) is 0 Å². The second-order valence-electron chi connectivity index (χ2n) is 3.31. The highest BCUT2D eigenvalue weighted by molar-refractivity contribution is 6.50. The number of halogens is 3. The van der Waals surface area contributed by atoms with Crippen molar-refractivity contribution in [1.29, 1.82) is 0 Å². The molecule has 16 heavy (non-hydrogen) atoms. The van der Waals surface area contributed by atoms with Crippen LogP contribution < -0.4 is 0 Å². The number of rotatable bonds is 2. The van der Waals surface area contributed by atoms with Crippen LogP contribution in [0.15, 0.2) is 60.7 Å². The molecular weight excluding hydrogens is 263 g/mol. The molecule has 0 heterocycles. The van der Waals surface area contributed by atoms with E-state index in [-0.39, 0.29) is 12.4 Å². The van der Waals surface area contributed by atoms with Gasteiger partial charge in [0.05, 0.1) is 0 Å². The van der Waals surface area contributed by atoms with Gasteiger partial charge >= 0.3 is 0 Å². The Bertz CT molecular complexity index is 382. The molecule has 0 saturated carbocycles. The fourth-order valence-electron chi connectivity index (χ4n) is 1.46. The van der Waals surface area contributed by atoms with Crippen LogP contribution in [0.25, 0.3) is 0 Å². The highest BCUT2D eigenvalue weighted by atomic mass is 35.5. The highest BCUT2D eigenvalue weighted by Gasteiger charge is 2.28. The topological polar surface area (TPSA) is 0 Å². The van der Waals surface area contributed by atoms with Crippen molar-refractivity contribution in [3.8, 4) is 0 Å². The van der Waals surface area contributed by atoms with Gasteiger partial charge in [-0.1, -0.05) is 83.9 Å². The molecule has 0 unspecified atom stereocenters. The van der Waals surface area contributed by atoms with Gasteiger partial charge in [-0.25, -0.2) is 0 Å². The van der Waals surface area contributed by atoms with E-state index < -0.39 is 4.33 Å². The predicted molar refractivity (Wildman–Crippen MR) is 72.6 cm³/mol. The molecule has 0 saturated heterocycles. The normalized spacial score (nSPS) is 10.6. The van der Waals surface area contributed by atoms with Crippen LogP contribution in [0.2, 0.25) is 0 Å². The molecule has 0 atom stereocenters. The van der Waals surface area contributed by atoms with Crippen molar-refractivity contribution in [2.24, 2.45) is 0 Å². The van der Waals surface area contributed by atoms with E-state index in [0.29, 0.717) is 0 Å². The zero-order valence-corrected chi connectivity index (χ0v) is 10.8. The molecule has 0 aliphatic heterocycles. The molecule has 3 heteroatoms. The zero-order chi connectivity index (χ0) is 10.7. The predicted octanol–water partition coefficient (Wildman–Crippen LogP) is 4.79. The smallest absolute Gasteiger partial charge is 0.147 e. The second-order valence-corrected chi connectivity index (χ2v) is 4.63. The van der Waals surface area contributed by atoms with E-state index in [1.54, 1.807) is 0 Å². The Morgan fingerprint density at radius 2 is 0.938 bits per heavy atom. The molecule has 0 amide bonds. The Hall–Kier alpha value is -0.690. The van der Waals surface area contributed by atoms with Gasteiger partial charge in [0.25, 0.3) is 0 Å². The van der Waals surface area contributed by atoms with Gasteiger partial charge in [0.2, 0.25) is 0 Å². The van der Waals surface area contributed by atoms with Crippen molar-refractivity contribution < 1.29 is 0 Å². The Kier molecular flexibility index (Phi) is 4.67. The minimum Gasteiger partial charge on any atom is -0.147 e. The Labute approximate surface area is 112 Å². The second kappa shape index (κ2) is 5.58. The van der Waals surface area contributed by atoms with Crippen LogP contribution in [0.4, 0.5) is 0 Å². The zero-order valence-electron chi connectivity index (χ0n) is 8.44. The van der Waals surface area contributed by atoms with Crippen LogP contribution in [0, 0.1) is 0 Å². The molecule has 0 aliphatic rings. The summed E-state index contributed by atoms with van der Waals surface area (Å²) in [6.07, 6.45) is 0. The Morgan fingerprint density at radius 3 is 1.25 bits per heavy atom. The van der Waals surface area contributed by atoms with Crippen LogP contribution in [-0.2, 0) is 4.33 Å². The third kappa shape index (κ3) is 2.70. The summed E-state index contributed by atoms with van der Waals surface area (Å²) in [5.41, 5.74) is 1.78. The maximum absolute atomic E-state index is 6.35. The molecule has 0 N–H and O–H groups in total. The third-order valence-corrected chi connectivity index (χ3v) is 3.15. The van der Waals surface area contributed by atoms with E-state index in [0.717, 1.165) is 11.1 Å². The van der Waals surface area contributed by atoms with Crippen molar-refractivity contribution in [1.82, 2.24) is 0 Å². The standard InChI is InChI=1S/C13H10Cl2.ClH/c14-13(15,11-7-3-1-4-8-11)12-9-5-2-6-10-12;/h1-10H;1H. The molecule has 84 valence electrons. The van der Waals surface area contributed by atoms with Crippen molar-refractivity contribution in [2.45, 2.75) is 4.33 Å². The van der Waals surface area contributed by atoms with Crippen LogP contribution >= 0.6 is 35.6 Å². The van der Waals surface area contributed by atoms with Crippen LogP contribution in [0.1, 0.15) is 11.1 Å². The summed E-state index contributed by atoms with van der Waals surface area (Å²) in [5.74, 6) is 0. The first-order valence-electron chi connectivity index (χ1n) is 4.70. The average Bonchev–Trinajstić information content (AvgIpc) is 2.31. The van der Waals surface area contributed by atoms with Gasteiger partial charge in [-0.05, 0) is 11.1 Å². The van der Waals surface area contributed by atoms with E-state index in [9.17, 15) is 0 Å². The Morgan fingerprint density at radius 1 is 0.625 bits per heavy atom. The summed E-state index contributed by atoms with van der Waals surface area (Å²) in [6, 6.07) is 19.3. The molecular formula is C13H11Cl3. The minimum absolute atomic E-state index is 0. The van der Waals surface area contributed by atoms with Crippen molar-refractivity contribution >= 4 is 35.6 Å². The van der Waals surface area contributed by atoms with Crippen molar-refractivity contribution in [2.75, 3.05) is 0 Å². The monoisotopic (exact) mass is 272 g/mol. The molecule has 0 radical (unpaired) electrons. The van der Waals surface area contributed by atoms with Gasteiger partial charge in [0, 0.05) is 0 Å². The molecule has 0 spiro atoms. The maximum atomic E-state index is 6.35. The molecule has 0 aromatic heterocycles. The van der Waals surface area contributed by atoms with Gasteiger partial charge in [0.15, 0.2) is 4.33 Å². The minimum atomic E-state index is -0.970. The van der Waals surface area contributed by atoms with E-state index >= 15 is 0 Å². The fraction of sp³-hybridized carbons (Fsp3) is 0.0769. The quantitative estimate of drug-likeness (QED) is 0.690. The largest absolute Gasteiger partial charge is 0.168 e. The fourth-order valence-corrected chi connectivity index (χ4v) is 1.97. The van der Waals surface area contributed by atoms with Crippen LogP contribution in [0.3, 0.4) is 0 Å². The van der Waals surface area contributed by atoms with E-state index in [1.165, 1.54) is 0 Å². The Balaban J connectivity index is 0.00000128. The summed E-state index contributed by atoms with van der Waals surface area (Å²) in [7, 11) is 0. The van der Waals surface area contributed by atoms with E-state index in [1.807, 2.05) is 60.7 Å². The van der Waals surface area contributed by atoms with Crippen LogP contribution in [-0.4, -0.2) is 0 Å². The highest BCUT2D eigenvalue weighted by Crippen LogP contribution is 2.40. The number of hydrogen-bond donors (Lipinski definition) is 0. The van der Waals surface area contributed by atoms with Crippen molar-refractivity contribution in [3.63, 3.8) is 0 Å². The molecule has 2 aromatic rings. The molecule has 0 aliphatic carbocycles. The average molecular weight is 274 g/mol. The lowest BCUT2D eigenvalue weighted by atomic mass is 10.0. The number of alkyl halides is 2. The summed E-state index contributed by atoms with van der Waals surface area (Å²) in [4.78, 5) is 0. The lowest BCUT2D eigenvalue weighted by molar-refractivity contribution is 1.04. The SMILES string of the molecule is Cl.ClC(Cl)(c1ccccc1)c1ccccc1. The van der Waals surface area contributed by atoms with Gasteiger partial charge in [-0.3, -0.25) is 0 Å². The molecule has 0 nitrogen and oxygen atoms in total. The van der Waals surface area contributed by atoms with E-state index in [2.05, 4.69) is 0 Å². The molecule has 0 bridgehead atoms. The van der Waals surface area contributed by atoms with Gasteiger partial charge in [-0.2, -0.15) is 0 Å². The molecule has 2 rings (SSSR count). The summed E-state index contributed by atoms with van der Waals surface area (Å²) >= 11 is 12.7. The first-order chi connectivity index (χ1) is 7.21. The summed E-state index contributed by atoms with van der Waals surface area (Å²) < 4.78 is -0.970.